The van der Waals surface area contributed by atoms with Crippen LogP contribution in [0.15, 0.2) is 72.0 Å². The summed E-state index contributed by atoms with van der Waals surface area (Å²) >= 11 is 0. The number of hydrogen-bond acceptors (Lipinski definition) is 5. The Bertz CT molecular complexity index is 1220. The van der Waals surface area contributed by atoms with Gasteiger partial charge in [-0.05, 0) is 60.3 Å². The second kappa shape index (κ2) is 7.32. The number of anilines is 2. The molecule has 0 spiro atoms. The number of aromatic amines is 1. The van der Waals surface area contributed by atoms with Crippen LogP contribution in [-0.4, -0.2) is 23.4 Å². The van der Waals surface area contributed by atoms with E-state index in [1.165, 1.54) is 12.3 Å². The quantitative estimate of drug-likeness (QED) is 0.464. The van der Waals surface area contributed by atoms with E-state index in [9.17, 15) is 8.42 Å². The van der Waals surface area contributed by atoms with Crippen LogP contribution in [0.4, 0.5) is 11.5 Å². The summed E-state index contributed by atoms with van der Waals surface area (Å²) in [5.74, 6) is 0.602. The molecule has 0 aliphatic rings. The summed E-state index contributed by atoms with van der Waals surface area (Å²) in [6, 6.07) is 14.7. The van der Waals surface area contributed by atoms with Crippen LogP contribution < -0.4 is 10.0 Å². The monoisotopic (exact) mass is 393 g/mol. The molecule has 3 heterocycles. The zero-order valence-electron chi connectivity index (χ0n) is 15.2. The van der Waals surface area contributed by atoms with Gasteiger partial charge in [0.05, 0.1) is 11.4 Å². The molecular weight excluding hydrogens is 374 g/mol. The largest absolute Gasteiger partial charge is 0.366 e. The Morgan fingerprint density at radius 3 is 2.75 bits per heavy atom. The fourth-order valence-electron chi connectivity index (χ4n) is 2.84. The van der Waals surface area contributed by atoms with Crippen molar-refractivity contribution >= 4 is 32.4 Å². The zero-order chi connectivity index (χ0) is 19.6. The molecule has 0 saturated heterocycles. The van der Waals surface area contributed by atoms with Gasteiger partial charge in [0, 0.05) is 30.7 Å². The van der Waals surface area contributed by atoms with Crippen molar-refractivity contribution in [3.05, 3.63) is 78.4 Å². The van der Waals surface area contributed by atoms with E-state index in [1.54, 1.807) is 31.3 Å². The Morgan fingerprint density at radius 1 is 1.07 bits per heavy atom. The standard InChI is InChI=1S/C20H19N5O2S/c1-14-18(3-2-9-21-14)25-28(26,27)17-5-7-20(24-13-17)23-12-15-4-6-19-16(11-15)8-10-22-19/h2-11,13,22,25H,12H2,1H3,(H,23,24). The van der Waals surface area contributed by atoms with E-state index in [1.807, 2.05) is 24.4 Å². The Morgan fingerprint density at radius 2 is 1.96 bits per heavy atom. The smallest absolute Gasteiger partial charge is 0.263 e. The number of aromatic nitrogens is 3. The molecule has 0 atom stereocenters. The number of aryl methyl sites for hydroxylation is 1. The van der Waals surface area contributed by atoms with Gasteiger partial charge in [-0.3, -0.25) is 9.71 Å². The minimum absolute atomic E-state index is 0.0926. The van der Waals surface area contributed by atoms with Crippen molar-refractivity contribution in [2.75, 3.05) is 10.0 Å². The predicted octanol–water partition coefficient (Wildman–Crippen LogP) is 3.68. The highest BCUT2D eigenvalue weighted by Crippen LogP contribution is 2.19. The van der Waals surface area contributed by atoms with Crippen LogP contribution in [-0.2, 0) is 16.6 Å². The van der Waals surface area contributed by atoms with Crippen LogP contribution in [0.1, 0.15) is 11.3 Å². The van der Waals surface area contributed by atoms with Crippen molar-refractivity contribution in [3.63, 3.8) is 0 Å². The summed E-state index contributed by atoms with van der Waals surface area (Å²) < 4.78 is 27.6. The lowest BCUT2D eigenvalue weighted by Gasteiger charge is -2.10. The molecule has 0 bridgehead atoms. The number of sulfonamides is 1. The van der Waals surface area contributed by atoms with Crippen LogP contribution >= 0.6 is 0 Å². The van der Waals surface area contributed by atoms with Gasteiger partial charge in [0.25, 0.3) is 10.0 Å². The Hall–Kier alpha value is -3.39. The first kappa shape index (κ1) is 18.0. The van der Waals surface area contributed by atoms with Crippen LogP contribution in [0.25, 0.3) is 10.9 Å². The second-order valence-electron chi connectivity index (χ2n) is 6.37. The molecule has 28 heavy (non-hydrogen) atoms. The highest BCUT2D eigenvalue weighted by atomic mass is 32.2. The number of H-pyrrole nitrogens is 1. The van der Waals surface area contributed by atoms with Crippen LogP contribution in [0, 0.1) is 6.92 Å². The highest BCUT2D eigenvalue weighted by Gasteiger charge is 2.16. The first-order chi connectivity index (χ1) is 13.5. The summed E-state index contributed by atoms with van der Waals surface area (Å²) in [5.41, 5.74) is 3.26. The first-order valence-electron chi connectivity index (χ1n) is 8.72. The van der Waals surface area contributed by atoms with Gasteiger partial charge in [-0.1, -0.05) is 6.07 Å². The fraction of sp³-hybridized carbons (Fsp3) is 0.100. The summed E-state index contributed by atoms with van der Waals surface area (Å²) in [7, 11) is -3.72. The number of nitrogens with zero attached hydrogens (tertiary/aromatic N) is 2. The molecule has 4 rings (SSSR count). The zero-order valence-corrected chi connectivity index (χ0v) is 16.0. The van der Waals surface area contributed by atoms with Crippen LogP contribution in [0.3, 0.4) is 0 Å². The molecule has 142 valence electrons. The maximum absolute atomic E-state index is 12.5. The second-order valence-corrected chi connectivity index (χ2v) is 8.06. The van der Waals surface area contributed by atoms with Crippen molar-refractivity contribution in [1.82, 2.24) is 15.0 Å². The normalized spacial score (nSPS) is 11.5. The molecule has 0 aliphatic heterocycles. The Kier molecular flexibility index (Phi) is 4.70. The summed E-state index contributed by atoms with van der Waals surface area (Å²) in [6.45, 7) is 2.33. The maximum atomic E-state index is 12.5. The van der Waals surface area contributed by atoms with E-state index in [2.05, 4.69) is 31.1 Å². The molecule has 1 aromatic carbocycles. The van der Waals surface area contributed by atoms with E-state index in [-0.39, 0.29) is 4.90 Å². The van der Waals surface area contributed by atoms with Gasteiger partial charge in [-0.25, -0.2) is 13.4 Å². The van der Waals surface area contributed by atoms with Gasteiger partial charge in [0.15, 0.2) is 0 Å². The SMILES string of the molecule is Cc1ncccc1NS(=O)(=O)c1ccc(NCc2ccc3[nH]ccc3c2)nc1. The van der Waals surface area contributed by atoms with E-state index >= 15 is 0 Å². The average molecular weight is 393 g/mol. The van der Waals surface area contributed by atoms with Crippen molar-refractivity contribution in [2.24, 2.45) is 0 Å². The number of benzene rings is 1. The van der Waals surface area contributed by atoms with Crippen molar-refractivity contribution in [1.29, 1.82) is 0 Å². The molecule has 0 amide bonds. The Labute approximate surface area is 162 Å². The topological polar surface area (TPSA) is 99.8 Å². The van der Waals surface area contributed by atoms with Gasteiger partial charge in [-0.15, -0.1) is 0 Å². The van der Waals surface area contributed by atoms with Crippen molar-refractivity contribution in [3.8, 4) is 0 Å². The molecule has 8 heteroatoms. The van der Waals surface area contributed by atoms with Gasteiger partial charge in [0.1, 0.15) is 10.7 Å². The number of pyridine rings is 2. The molecule has 4 aromatic rings. The number of fused-ring (bicyclic) bond motifs is 1. The lowest BCUT2D eigenvalue weighted by atomic mass is 10.1. The summed E-state index contributed by atoms with van der Waals surface area (Å²) in [5, 5.41) is 4.35. The van der Waals surface area contributed by atoms with Gasteiger partial charge < -0.3 is 10.3 Å². The Balaban J connectivity index is 1.45. The number of rotatable bonds is 6. The fourth-order valence-corrected chi connectivity index (χ4v) is 3.91. The molecule has 7 nitrogen and oxygen atoms in total. The van der Waals surface area contributed by atoms with Crippen molar-refractivity contribution in [2.45, 2.75) is 18.4 Å². The molecule has 0 radical (unpaired) electrons. The lowest BCUT2D eigenvalue weighted by Crippen LogP contribution is -2.14. The lowest BCUT2D eigenvalue weighted by molar-refractivity contribution is 0.600. The molecule has 0 fully saturated rings. The molecule has 3 aromatic heterocycles. The minimum atomic E-state index is -3.72. The summed E-state index contributed by atoms with van der Waals surface area (Å²) in [4.78, 5) is 11.6. The van der Waals surface area contributed by atoms with E-state index < -0.39 is 10.0 Å². The van der Waals surface area contributed by atoms with Gasteiger partial charge in [0.2, 0.25) is 0 Å². The van der Waals surface area contributed by atoms with E-state index in [4.69, 9.17) is 0 Å². The van der Waals surface area contributed by atoms with Crippen LogP contribution in [0.5, 0.6) is 0 Å². The molecule has 3 N–H and O–H groups in total. The number of hydrogen-bond donors (Lipinski definition) is 3. The predicted molar refractivity (Wildman–Crippen MR) is 110 cm³/mol. The van der Waals surface area contributed by atoms with Gasteiger partial charge in [-0.2, -0.15) is 0 Å². The minimum Gasteiger partial charge on any atom is -0.366 e. The third-order valence-corrected chi connectivity index (χ3v) is 5.74. The van der Waals surface area contributed by atoms with Gasteiger partial charge >= 0.3 is 0 Å². The molecule has 0 aliphatic carbocycles. The highest BCUT2D eigenvalue weighted by molar-refractivity contribution is 7.92. The molecule has 0 unspecified atom stereocenters. The third-order valence-electron chi connectivity index (χ3n) is 4.39. The molecular formula is C20H19N5O2S. The van der Waals surface area contributed by atoms with Crippen molar-refractivity contribution < 1.29 is 8.42 Å². The third kappa shape index (κ3) is 3.81. The van der Waals surface area contributed by atoms with E-state index in [0.29, 0.717) is 23.7 Å². The maximum Gasteiger partial charge on any atom is 0.263 e. The van der Waals surface area contributed by atoms with E-state index in [0.717, 1.165) is 16.5 Å². The van der Waals surface area contributed by atoms with Crippen LogP contribution in [0.2, 0.25) is 0 Å². The average Bonchev–Trinajstić information content (AvgIpc) is 3.16. The first-order valence-corrected chi connectivity index (χ1v) is 10.2. The molecule has 0 saturated carbocycles. The number of nitrogens with one attached hydrogen (secondary N) is 3. The summed E-state index contributed by atoms with van der Waals surface area (Å²) in [6.07, 6.45) is 4.86.